The average Bonchev–Trinajstić information content (AvgIpc) is 3.07. The van der Waals surface area contributed by atoms with E-state index in [9.17, 15) is 4.79 Å². The second-order valence-corrected chi connectivity index (χ2v) is 5.95. The van der Waals surface area contributed by atoms with Crippen LogP contribution in [0.2, 0.25) is 0 Å². The molecule has 0 atom stereocenters. The normalized spacial score (nSPS) is 11.3. The van der Waals surface area contributed by atoms with Gasteiger partial charge in [-0.15, -0.1) is 11.3 Å². The van der Waals surface area contributed by atoms with Crippen molar-refractivity contribution in [2.45, 2.75) is 20.8 Å². The van der Waals surface area contributed by atoms with E-state index in [0.717, 1.165) is 22.1 Å². The molecule has 0 bridgehead atoms. The second kappa shape index (κ2) is 6.17. The lowest BCUT2D eigenvalue weighted by atomic mass is 10.3. The van der Waals surface area contributed by atoms with Crippen LogP contribution in [0.4, 0.5) is 5.95 Å². The fourth-order valence-corrected chi connectivity index (χ4v) is 3.09. The average molecular weight is 328 g/mol. The highest BCUT2D eigenvalue weighted by Gasteiger charge is 2.10. The molecule has 3 aromatic rings. The number of thiazole rings is 1. The summed E-state index contributed by atoms with van der Waals surface area (Å²) in [4.78, 5) is 22.5. The summed E-state index contributed by atoms with van der Waals surface area (Å²) in [5, 5.41) is 7.03. The molecule has 0 amide bonds. The maximum atomic E-state index is 11.4. The lowest BCUT2D eigenvalue weighted by molar-refractivity contribution is 0.949. The van der Waals surface area contributed by atoms with Crippen molar-refractivity contribution in [1.82, 2.24) is 19.5 Å². The van der Waals surface area contributed by atoms with Crippen LogP contribution in [0.15, 0.2) is 33.6 Å². The van der Waals surface area contributed by atoms with Gasteiger partial charge in [-0.1, -0.05) is 0 Å². The van der Waals surface area contributed by atoms with Gasteiger partial charge in [0.25, 0.3) is 5.56 Å². The number of hydrogen-bond donors (Lipinski definition) is 2. The molecule has 0 fully saturated rings. The second-order valence-electron chi connectivity index (χ2n) is 5.08. The van der Waals surface area contributed by atoms with Crippen molar-refractivity contribution in [3.05, 3.63) is 56.7 Å². The summed E-state index contributed by atoms with van der Waals surface area (Å²) in [5.41, 5.74) is 6.27. The number of aromatic nitrogens is 4. The zero-order valence-corrected chi connectivity index (χ0v) is 13.8. The molecule has 8 heteroatoms. The third kappa shape index (κ3) is 3.21. The molecule has 0 aliphatic carbocycles. The van der Waals surface area contributed by atoms with Crippen LogP contribution < -0.4 is 11.0 Å². The topological polar surface area (TPSA) is 88.0 Å². The zero-order chi connectivity index (χ0) is 16.4. The molecule has 2 N–H and O–H groups in total. The van der Waals surface area contributed by atoms with Gasteiger partial charge in [-0.25, -0.2) is 15.4 Å². The van der Waals surface area contributed by atoms with Crippen molar-refractivity contribution in [3.8, 4) is 5.13 Å². The summed E-state index contributed by atoms with van der Waals surface area (Å²) in [6, 6.07) is 3.46. The van der Waals surface area contributed by atoms with E-state index in [2.05, 4.69) is 30.0 Å². The van der Waals surface area contributed by atoms with Crippen LogP contribution in [0.25, 0.3) is 5.13 Å². The molecule has 0 saturated heterocycles. The molecule has 7 nitrogen and oxygen atoms in total. The molecule has 0 aliphatic rings. The van der Waals surface area contributed by atoms with Crippen LogP contribution >= 0.6 is 11.3 Å². The van der Waals surface area contributed by atoms with E-state index in [1.807, 2.05) is 25.3 Å². The van der Waals surface area contributed by atoms with Gasteiger partial charge in [0.05, 0.1) is 6.21 Å². The number of hydrogen-bond acceptors (Lipinski definition) is 6. The summed E-state index contributed by atoms with van der Waals surface area (Å²) < 4.78 is 2.08. The molecule has 3 rings (SSSR count). The minimum atomic E-state index is -0.211. The summed E-state index contributed by atoms with van der Waals surface area (Å²) in [6.07, 6.45) is 3.49. The van der Waals surface area contributed by atoms with E-state index >= 15 is 0 Å². The first-order valence-electron chi connectivity index (χ1n) is 7.00. The third-order valence-corrected chi connectivity index (χ3v) is 4.08. The van der Waals surface area contributed by atoms with E-state index in [0.29, 0.717) is 11.6 Å². The lowest BCUT2D eigenvalue weighted by Crippen LogP contribution is -2.10. The Bertz CT molecular complexity index is 907. The molecule has 3 aromatic heterocycles. The molecule has 118 valence electrons. The van der Waals surface area contributed by atoms with Gasteiger partial charge in [0.15, 0.2) is 5.13 Å². The Morgan fingerprint density at radius 2 is 2.17 bits per heavy atom. The number of nitrogens with one attached hydrogen (secondary N) is 2. The highest BCUT2D eigenvalue weighted by molar-refractivity contribution is 7.12. The number of aromatic amines is 1. The van der Waals surface area contributed by atoms with Gasteiger partial charge in [0.2, 0.25) is 5.95 Å². The Balaban J connectivity index is 1.83. The number of hydrazone groups is 1. The van der Waals surface area contributed by atoms with Crippen LogP contribution in [0, 0.1) is 20.8 Å². The molecular weight excluding hydrogens is 312 g/mol. The van der Waals surface area contributed by atoms with Crippen molar-refractivity contribution in [3.63, 3.8) is 0 Å². The number of rotatable bonds is 4. The van der Waals surface area contributed by atoms with Crippen LogP contribution in [0.1, 0.15) is 22.6 Å². The Morgan fingerprint density at radius 1 is 1.35 bits per heavy atom. The van der Waals surface area contributed by atoms with Gasteiger partial charge in [-0.2, -0.15) is 5.10 Å². The maximum Gasteiger partial charge on any atom is 0.252 e. The Labute approximate surface area is 136 Å². The molecule has 0 spiro atoms. The van der Waals surface area contributed by atoms with E-state index in [1.165, 1.54) is 6.07 Å². The van der Waals surface area contributed by atoms with Crippen LogP contribution in [-0.2, 0) is 0 Å². The van der Waals surface area contributed by atoms with Crippen LogP contribution in [0.3, 0.4) is 0 Å². The summed E-state index contributed by atoms with van der Waals surface area (Å²) in [7, 11) is 0. The summed E-state index contributed by atoms with van der Waals surface area (Å²) in [6.45, 7) is 5.80. The van der Waals surface area contributed by atoms with Crippen molar-refractivity contribution >= 4 is 23.5 Å². The number of anilines is 1. The first-order valence-corrected chi connectivity index (χ1v) is 7.88. The first kappa shape index (κ1) is 15.2. The summed E-state index contributed by atoms with van der Waals surface area (Å²) >= 11 is 1.58. The van der Waals surface area contributed by atoms with Gasteiger partial charge in [0, 0.05) is 40.3 Å². The fraction of sp³-hybridized carbons (Fsp3) is 0.200. The van der Waals surface area contributed by atoms with Gasteiger partial charge >= 0.3 is 0 Å². The minimum Gasteiger partial charge on any atom is -0.294 e. The molecule has 3 heterocycles. The SMILES string of the molecule is Cc1cc(=O)[nH]c(N/N=C\c2cc(C)n(-c3nccs3)c2C)n1. The Kier molecular flexibility index (Phi) is 4.07. The van der Waals surface area contributed by atoms with Gasteiger partial charge in [-0.05, 0) is 26.8 Å². The smallest absolute Gasteiger partial charge is 0.252 e. The van der Waals surface area contributed by atoms with Gasteiger partial charge < -0.3 is 0 Å². The number of H-pyrrole nitrogens is 1. The van der Waals surface area contributed by atoms with Crippen molar-refractivity contribution < 1.29 is 0 Å². The predicted molar refractivity (Wildman–Crippen MR) is 91.7 cm³/mol. The van der Waals surface area contributed by atoms with Gasteiger partial charge in [-0.3, -0.25) is 14.3 Å². The molecule has 0 saturated carbocycles. The van der Waals surface area contributed by atoms with Crippen LogP contribution in [0.5, 0.6) is 0 Å². The number of aryl methyl sites for hydroxylation is 2. The predicted octanol–water partition coefficient (Wildman–Crippen LogP) is 2.39. The van der Waals surface area contributed by atoms with Crippen molar-refractivity contribution in [1.29, 1.82) is 0 Å². The van der Waals surface area contributed by atoms with Crippen molar-refractivity contribution in [2.75, 3.05) is 5.43 Å². The third-order valence-electron chi connectivity index (χ3n) is 3.32. The minimum absolute atomic E-state index is 0.211. The molecular formula is C15H16N6OS. The van der Waals surface area contributed by atoms with E-state index < -0.39 is 0 Å². The standard InChI is InChI=1S/C15H16N6OS/c1-9-6-13(22)19-14(18-9)20-17-8-12-7-10(2)21(11(12)3)15-16-4-5-23-15/h4-8H,1-3H3,(H2,18,19,20,22)/b17-8-. The summed E-state index contributed by atoms with van der Waals surface area (Å²) in [5.74, 6) is 0.319. The van der Waals surface area contributed by atoms with Crippen LogP contribution in [-0.4, -0.2) is 25.7 Å². The maximum absolute atomic E-state index is 11.4. The fourth-order valence-electron chi connectivity index (χ4n) is 2.33. The molecule has 0 unspecified atom stereocenters. The Morgan fingerprint density at radius 3 is 2.87 bits per heavy atom. The highest BCUT2D eigenvalue weighted by atomic mass is 32.1. The van der Waals surface area contributed by atoms with Crippen molar-refractivity contribution in [2.24, 2.45) is 5.10 Å². The zero-order valence-electron chi connectivity index (χ0n) is 13.0. The van der Waals surface area contributed by atoms with Gasteiger partial charge in [0.1, 0.15) is 0 Å². The molecule has 23 heavy (non-hydrogen) atoms. The van der Waals surface area contributed by atoms with E-state index in [-0.39, 0.29) is 5.56 Å². The van der Waals surface area contributed by atoms with E-state index in [1.54, 1.807) is 30.7 Å². The largest absolute Gasteiger partial charge is 0.294 e. The Hall–Kier alpha value is -2.74. The first-order chi connectivity index (χ1) is 11.0. The monoisotopic (exact) mass is 328 g/mol. The van der Waals surface area contributed by atoms with E-state index in [4.69, 9.17) is 0 Å². The molecule has 0 aromatic carbocycles. The lowest BCUT2D eigenvalue weighted by Gasteiger charge is -2.04. The highest BCUT2D eigenvalue weighted by Crippen LogP contribution is 2.21. The molecule has 0 radical (unpaired) electrons. The number of nitrogens with zero attached hydrogens (tertiary/aromatic N) is 4. The quantitative estimate of drug-likeness (QED) is 0.568. The molecule has 0 aliphatic heterocycles.